The van der Waals surface area contributed by atoms with Crippen molar-refractivity contribution in [2.75, 3.05) is 0 Å². The molecular formula is C16H30. The zero-order valence-corrected chi connectivity index (χ0v) is 12.0. The van der Waals surface area contributed by atoms with Gasteiger partial charge in [0.1, 0.15) is 0 Å². The Morgan fingerprint density at radius 1 is 0.812 bits per heavy atom. The first-order chi connectivity index (χ1) is 7.49. The summed E-state index contributed by atoms with van der Waals surface area (Å²) in [5, 5.41) is 0. The van der Waals surface area contributed by atoms with Crippen LogP contribution in [-0.2, 0) is 0 Å². The van der Waals surface area contributed by atoms with Crippen LogP contribution in [0.3, 0.4) is 0 Å². The summed E-state index contributed by atoms with van der Waals surface area (Å²) in [7, 11) is 0. The molecule has 0 aliphatic heterocycles. The average molecular weight is 222 g/mol. The van der Waals surface area contributed by atoms with Crippen molar-refractivity contribution in [2.24, 2.45) is 47.3 Å². The zero-order chi connectivity index (χ0) is 12.0. The van der Waals surface area contributed by atoms with Crippen LogP contribution < -0.4 is 0 Å². The maximum absolute atomic E-state index is 2.53. The van der Waals surface area contributed by atoms with Crippen molar-refractivity contribution in [3.63, 3.8) is 0 Å². The van der Waals surface area contributed by atoms with E-state index in [1.807, 2.05) is 0 Å². The number of fused-ring (bicyclic) bond motifs is 1. The van der Waals surface area contributed by atoms with Gasteiger partial charge >= 0.3 is 0 Å². The Kier molecular flexibility index (Phi) is 3.39. The predicted molar refractivity (Wildman–Crippen MR) is 71.2 cm³/mol. The van der Waals surface area contributed by atoms with Gasteiger partial charge in [-0.3, -0.25) is 0 Å². The van der Waals surface area contributed by atoms with Gasteiger partial charge in [-0.05, 0) is 53.8 Å². The Hall–Kier alpha value is 0. The van der Waals surface area contributed by atoms with Gasteiger partial charge < -0.3 is 0 Å². The van der Waals surface area contributed by atoms with Gasteiger partial charge in [-0.25, -0.2) is 0 Å². The normalized spacial score (nSPS) is 57.4. The van der Waals surface area contributed by atoms with E-state index in [9.17, 15) is 0 Å². The molecule has 0 radical (unpaired) electrons. The first-order valence-electron chi connectivity index (χ1n) is 7.49. The molecule has 0 aromatic carbocycles. The monoisotopic (exact) mass is 222 g/mol. The first-order valence-corrected chi connectivity index (χ1v) is 7.49. The highest BCUT2D eigenvalue weighted by Crippen LogP contribution is 2.57. The molecule has 0 heterocycles. The highest BCUT2D eigenvalue weighted by atomic mass is 14.6. The molecule has 0 heteroatoms. The molecule has 0 N–H and O–H groups in total. The second-order valence-electron chi connectivity index (χ2n) is 6.96. The fourth-order valence-electron chi connectivity index (χ4n) is 5.18. The lowest BCUT2D eigenvalue weighted by atomic mass is 9.58. The summed E-state index contributed by atoms with van der Waals surface area (Å²) in [4.78, 5) is 0. The van der Waals surface area contributed by atoms with E-state index in [0.29, 0.717) is 0 Å². The molecule has 0 bridgehead atoms. The fraction of sp³-hybridized carbons (Fsp3) is 1.00. The zero-order valence-electron chi connectivity index (χ0n) is 12.0. The average Bonchev–Trinajstić information content (AvgIpc) is 2.60. The van der Waals surface area contributed by atoms with E-state index >= 15 is 0 Å². The van der Waals surface area contributed by atoms with Gasteiger partial charge in [-0.1, -0.05) is 48.0 Å². The molecule has 0 aromatic rings. The minimum Gasteiger partial charge on any atom is -0.0651 e. The van der Waals surface area contributed by atoms with Crippen LogP contribution in [0.4, 0.5) is 0 Å². The number of hydrogen-bond donors (Lipinski definition) is 0. The molecule has 0 spiro atoms. The third kappa shape index (κ3) is 1.64. The maximum atomic E-state index is 2.53. The lowest BCUT2D eigenvalue weighted by Crippen LogP contribution is -2.41. The van der Waals surface area contributed by atoms with Gasteiger partial charge in [0, 0.05) is 0 Å². The molecule has 2 saturated carbocycles. The highest BCUT2D eigenvalue weighted by Gasteiger charge is 2.51. The molecular weight excluding hydrogens is 192 g/mol. The van der Waals surface area contributed by atoms with E-state index < -0.39 is 0 Å². The van der Waals surface area contributed by atoms with Gasteiger partial charge in [0.25, 0.3) is 0 Å². The van der Waals surface area contributed by atoms with Gasteiger partial charge in [-0.2, -0.15) is 0 Å². The quantitative estimate of drug-likeness (QED) is 0.595. The first kappa shape index (κ1) is 12.5. The lowest BCUT2D eigenvalue weighted by molar-refractivity contribution is 0.0102. The van der Waals surface area contributed by atoms with E-state index in [1.165, 1.54) is 12.8 Å². The molecule has 16 heavy (non-hydrogen) atoms. The molecule has 2 fully saturated rings. The smallest absolute Gasteiger partial charge is 0.0324 e. The summed E-state index contributed by atoms with van der Waals surface area (Å²) >= 11 is 0. The fourth-order valence-corrected chi connectivity index (χ4v) is 5.18. The Balaban J connectivity index is 2.26. The predicted octanol–water partition coefficient (Wildman–Crippen LogP) is 4.84. The minimum atomic E-state index is 0.926. The SMILES string of the molecule is CCC1C(C)CC2C(C)C(C)C(C)C(C)C12. The van der Waals surface area contributed by atoms with Crippen LogP contribution in [0.5, 0.6) is 0 Å². The molecule has 0 amide bonds. The van der Waals surface area contributed by atoms with Crippen molar-refractivity contribution in [3.05, 3.63) is 0 Å². The van der Waals surface area contributed by atoms with Crippen molar-refractivity contribution >= 4 is 0 Å². The Morgan fingerprint density at radius 3 is 1.94 bits per heavy atom. The molecule has 8 unspecified atom stereocenters. The van der Waals surface area contributed by atoms with Crippen molar-refractivity contribution in [2.45, 2.75) is 54.4 Å². The second kappa shape index (κ2) is 4.35. The summed E-state index contributed by atoms with van der Waals surface area (Å²) in [5.41, 5.74) is 0. The maximum Gasteiger partial charge on any atom is -0.0324 e. The van der Waals surface area contributed by atoms with E-state index in [-0.39, 0.29) is 0 Å². The van der Waals surface area contributed by atoms with Gasteiger partial charge in [0.05, 0.1) is 0 Å². The standard InChI is InChI=1S/C16H30/c1-7-14-9(2)8-15-12(5)10(3)11(4)13(6)16(14)15/h9-16H,7-8H2,1-6H3. The van der Waals surface area contributed by atoms with Crippen LogP contribution in [0.2, 0.25) is 0 Å². The summed E-state index contributed by atoms with van der Waals surface area (Å²) in [6.07, 6.45) is 2.91. The molecule has 2 aliphatic rings. The third-order valence-electron chi connectivity index (χ3n) is 6.61. The molecule has 2 rings (SSSR count). The Labute approximate surface area is 102 Å². The minimum absolute atomic E-state index is 0.926. The summed E-state index contributed by atoms with van der Waals surface area (Å²) in [6, 6.07) is 0. The Morgan fingerprint density at radius 2 is 1.38 bits per heavy atom. The van der Waals surface area contributed by atoms with Crippen LogP contribution in [-0.4, -0.2) is 0 Å². The molecule has 0 aromatic heterocycles. The van der Waals surface area contributed by atoms with Crippen molar-refractivity contribution < 1.29 is 0 Å². The number of hydrogen-bond acceptors (Lipinski definition) is 0. The molecule has 94 valence electrons. The van der Waals surface area contributed by atoms with E-state index in [4.69, 9.17) is 0 Å². The highest BCUT2D eigenvalue weighted by molar-refractivity contribution is 4.99. The van der Waals surface area contributed by atoms with Crippen LogP contribution >= 0.6 is 0 Å². The molecule has 0 nitrogen and oxygen atoms in total. The lowest BCUT2D eigenvalue weighted by Gasteiger charge is -2.47. The topological polar surface area (TPSA) is 0 Å². The van der Waals surface area contributed by atoms with Gasteiger partial charge in [0.2, 0.25) is 0 Å². The van der Waals surface area contributed by atoms with Crippen LogP contribution in [0.25, 0.3) is 0 Å². The van der Waals surface area contributed by atoms with Crippen LogP contribution in [0.15, 0.2) is 0 Å². The van der Waals surface area contributed by atoms with E-state index in [1.54, 1.807) is 0 Å². The van der Waals surface area contributed by atoms with Crippen LogP contribution in [0, 0.1) is 47.3 Å². The van der Waals surface area contributed by atoms with Crippen molar-refractivity contribution in [1.29, 1.82) is 0 Å². The summed E-state index contributed by atoms with van der Waals surface area (Å²) in [6.45, 7) is 15.0. The van der Waals surface area contributed by atoms with E-state index in [2.05, 4.69) is 41.5 Å². The van der Waals surface area contributed by atoms with Gasteiger partial charge in [-0.15, -0.1) is 0 Å². The Bertz CT molecular complexity index is 244. The second-order valence-corrected chi connectivity index (χ2v) is 6.96. The molecule has 0 saturated heterocycles. The summed E-state index contributed by atoms with van der Waals surface area (Å²) in [5.74, 6) is 7.80. The van der Waals surface area contributed by atoms with Gasteiger partial charge in [0.15, 0.2) is 0 Å². The van der Waals surface area contributed by atoms with Crippen molar-refractivity contribution in [3.8, 4) is 0 Å². The molecule has 8 atom stereocenters. The number of rotatable bonds is 1. The third-order valence-corrected chi connectivity index (χ3v) is 6.61. The van der Waals surface area contributed by atoms with Crippen LogP contribution in [0.1, 0.15) is 54.4 Å². The van der Waals surface area contributed by atoms with Crippen molar-refractivity contribution in [1.82, 2.24) is 0 Å². The largest absolute Gasteiger partial charge is 0.0651 e. The van der Waals surface area contributed by atoms with E-state index in [0.717, 1.165) is 47.3 Å². The molecule has 2 aliphatic carbocycles. The summed E-state index contributed by atoms with van der Waals surface area (Å²) < 4.78 is 0.